The second-order valence-corrected chi connectivity index (χ2v) is 5.84. The molecule has 1 saturated heterocycles. The second-order valence-electron chi connectivity index (χ2n) is 4.24. The summed E-state index contributed by atoms with van der Waals surface area (Å²) in [6, 6.07) is 0.268. The van der Waals surface area contributed by atoms with Crippen molar-refractivity contribution in [3.63, 3.8) is 0 Å². The molecule has 0 aliphatic carbocycles. The third-order valence-electron chi connectivity index (χ3n) is 3.28. The van der Waals surface area contributed by atoms with E-state index in [1.54, 1.807) is 11.3 Å². The number of nitrogens with one attached hydrogen (secondary N) is 1. The molecule has 1 aromatic heterocycles. The van der Waals surface area contributed by atoms with Gasteiger partial charge in [-0.15, -0.1) is 0 Å². The Labute approximate surface area is 115 Å². The Kier molecular flexibility index (Phi) is 4.99. The van der Waals surface area contributed by atoms with Crippen LogP contribution in [0.15, 0.2) is 15.2 Å². The first kappa shape index (κ1) is 13.5. The molecule has 1 fully saturated rings. The second kappa shape index (κ2) is 6.29. The zero-order valence-electron chi connectivity index (χ0n) is 10.3. The van der Waals surface area contributed by atoms with E-state index in [1.165, 1.54) is 10.0 Å². The molecule has 1 aliphatic rings. The van der Waals surface area contributed by atoms with Crippen LogP contribution in [0.3, 0.4) is 0 Å². The van der Waals surface area contributed by atoms with Crippen LogP contribution in [0.1, 0.15) is 18.5 Å². The smallest absolute Gasteiger partial charge is 0.0897 e. The Morgan fingerprint density at radius 2 is 2.47 bits per heavy atom. The minimum atomic E-state index is 0.236. The van der Waals surface area contributed by atoms with Crippen molar-refractivity contribution in [2.45, 2.75) is 19.1 Å². The molecule has 17 heavy (non-hydrogen) atoms. The van der Waals surface area contributed by atoms with Gasteiger partial charge in [0.05, 0.1) is 18.8 Å². The fourth-order valence-corrected chi connectivity index (χ4v) is 3.86. The number of morpholine rings is 1. The molecule has 1 aromatic rings. The van der Waals surface area contributed by atoms with Gasteiger partial charge in [0.2, 0.25) is 0 Å². The molecule has 2 atom stereocenters. The molecule has 2 unspecified atom stereocenters. The Bertz CT molecular complexity index is 358. The van der Waals surface area contributed by atoms with E-state index in [1.807, 2.05) is 7.05 Å². The van der Waals surface area contributed by atoms with Crippen LogP contribution in [-0.4, -0.2) is 44.3 Å². The maximum atomic E-state index is 5.92. The van der Waals surface area contributed by atoms with Crippen LogP contribution >= 0.6 is 27.3 Å². The Morgan fingerprint density at radius 1 is 1.65 bits per heavy atom. The number of ether oxygens (including phenoxy) is 1. The quantitative estimate of drug-likeness (QED) is 0.923. The summed E-state index contributed by atoms with van der Waals surface area (Å²) in [6.07, 6.45) is 0.236. The fourth-order valence-electron chi connectivity index (χ4n) is 2.28. The van der Waals surface area contributed by atoms with Gasteiger partial charge >= 0.3 is 0 Å². The zero-order valence-corrected chi connectivity index (χ0v) is 12.7. The number of rotatable bonds is 4. The summed E-state index contributed by atoms with van der Waals surface area (Å²) in [5, 5.41) is 7.70. The highest BCUT2D eigenvalue weighted by Gasteiger charge is 2.29. The lowest BCUT2D eigenvalue weighted by Gasteiger charge is -2.36. The van der Waals surface area contributed by atoms with Crippen LogP contribution < -0.4 is 5.32 Å². The molecule has 0 aromatic carbocycles. The van der Waals surface area contributed by atoms with Crippen molar-refractivity contribution in [3.05, 3.63) is 20.8 Å². The molecule has 2 heterocycles. The lowest BCUT2D eigenvalue weighted by molar-refractivity contribution is -0.0444. The average Bonchev–Trinajstić information content (AvgIpc) is 2.77. The number of halogens is 1. The predicted molar refractivity (Wildman–Crippen MR) is 75.7 cm³/mol. The van der Waals surface area contributed by atoms with Gasteiger partial charge < -0.3 is 10.1 Å². The standard InChI is InChI=1S/C12H19BrN2OS/c1-3-15-4-5-16-11(6-15)12(14-2)9-7-17-8-10(9)13/h7-8,11-12,14H,3-6H2,1-2H3. The van der Waals surface area contributed by atoms with E-state index >= 15 is 0 Å². The van der Waals surface area contributed by atoms with Gasteiger partial charge in [-0.3, -0.25) is 4.90 Å². The van der Waals surface area contributed by atoms with E-state index in [2.05, 4.69) is 43.8 Å². The fraction of sp³-hybridized carbons (Fsp3) is 0.667. The van der Waals surface area contributed by atoms with E-state index in [4.69, 9.17) is 4.74 Å². The highest BCUT2D eigenvalue weighted by atomic mass is 79.9. The molecule has 96 valence electrons. The number of hydrogen-bond acceptors (Lipinski definition) is 4. The molecule has 3 nitrogen and oxygen atoms in total. The van der Waals surface area contributed by atoms with Crippen LogP contribution in [-0.2, 0) is 4.74 Å². The monoisotopic (exact) mass is 318 g/mol. The first-order valence-corrected chi connectivity index (χ1v) is 7.72. The van der Waals surface area contributed by atoms with Crippen molar-refractivity contribution < 1.29 is 4.74 Å². The van der Waals surface area contributed by atoms with Crippen molar-refractivity contribution in [2.75, 3.05) is 33.3 Å². The van der Waals surface area contributed by atoms with Crippen molar-refractivity contribution in [3.8, 4) is 0 Å². The van der Waals surface area contributed by atoms with Crippen LogP contribution in [0.25, 0.3) is 0 Å². The molecule has 1 N–H and O–H groups in total. The topological polar surface area (TPSA) is 24.5 Å². The summed E-state index contributed by atoms with van der Waals surface area (Å²) in [5.41, 5.74) is 1.31. The van der Waals surface area contributed by atoms with Gasteiger partial charge in [-0.2, -0.15) is 11.3 Å². The Hall–Kier alpha value is 0.0600. The molecular weight excluding hydrogens is 300 g/mol. The average molecular weight is 319 g/mol. The molecule has 2 rings (SSSR count). The van der Waals surface area contributed by atoms with Crippen molar-refractivity contribution in [2.24, 2.45) is 0 Å². The molecule has 5 heteroatoms. The lowest BCUT2D eigenvalue weighted by atomic mass is 10.0. The summed E-state index contributed by atoms with van der Waals surface area (Å²) in [6.45, 7) is 6.19. The molecule has 0 bridgehead atoms. The number of likely N-dealkylation sites (N-methyl/N-ethyl adjacent to an activating group) is 2. The predicted octanol–water partition coefficient (Wildman–Crippen LogP) is 2.49. The minimum Gasteiger partial charge on any atom is -0.374 e. The molecule has 0 saturated carbocycles. The normalized spacial score (nSPS) is 23.8. The van der Waals surface area contributed by atoms with Gasteiger partial charge in [0.15, 0.2) is 0 Å². The third-order valence-corrected chi connectivity index (χ3v) is 5.04. The minimum absolute atomic E-state index is 0.236. The van der Waals surface area contributed by atoms with Gasteiger partial charge in [0.25, 0.3) is 0 Å². The molecule has 0 radical (unpaired) electrons. The molecular formula is C12H19BrN2OS. The highest BCUT2D eigenvalue weighted by molar-refractivity contribution is 9.10. The first-order valence-electron chi connectivity index (χ1n) is 5.99. The van der Waals surface area contributed by atoms with Crippen molar-refractivity contribution in [1.82, 2.24) is 10.2 Å². The van der Waals surface area contributed by atoms with E-state index in [9.17, 15) is 0 Å². The van der Waals surface area contributed by atoms with Crippen LogP contribution in [0.5, 0.6) is 0 Å². The molecule has 0 spiro atoms. The summed E-state index contributed by atoms with van der Waals surface area (Å²) in [5.74, 6) is 0. The largest absolute Gasteiger partial charge is 0.374 e. The van der Waals surface area contributed by atoms with Gasteiger partial charge in [0, 0.05) is 22.9 Å². The SMILES string of the molecule is CCN1CCOC(C(NC)c2cscc2Br)C1. The third kappa shape index (κ3) is 3.09. The van der Waals surface area contributed by atoms with E-state index < -0.39 is 0 Å². The van der Waals surface area contributed by atoms with E-state index in [0.717, 1.165) is 26.2 Å². The van der Waals surface area contributed by atoms with Gasteiger partial charge in [-0.25, -0.2) is 0 Å². The Balaban J connectivity index is 2.10. The van der Waals surface area contributed by atoms with E-state index in [0.29, 0.717) is 0 Å². The number of thiophene rings is 1. The molecule has 0 amide bonds. The van der Waals surface area contributed by atoms with Crippen molar-refractivity contribution in [1.29, 1.82) is 0 Å². The molecule has 1 aliphatic heterocycles. The number of nitrogens with zero attached hydrogens (tertiary/aromatic N) is 1. The first-order chi connectivity index (χ1) is 8.26. The van der Waals surface area contributed by atoms with Crippen molar-refractivity contribution >= 4 is 27.3 Å². The van der Waals surface area contributed by atoms with Gasteiger partial charge in [-0.05, 0) is 40.5 Å². The highest BCUT2D eigenvalue weighted by Crippen LogP contribution is 2.31. The summed E-state index contributed by atoms with van der Waals surface area (Å²) in [4.78, 5) is 2.44. The van der Waals surface area contributed by atoms with Crippen LogP contribution in [0, 0.1) is 0 Å². The maximum absolute atomic E-state index is 5.92. The summed E-state index contributed by atoms with van der Waals surface area (Å²) >= 11 is 5.33. The lowest BCUT2D eigenvalue weighted by Crippen LogP contribution is -2.47. The zero-order chi connectivity index (χ0) is 12.3. The Morgan fingerprint density at radius 3 is 3.06 bits per heavy atom. The summed E-state index contributed by atoms with van der Waals surface area (Å²) < 4.78 is 7.10. The van der Waals surface area contributed by atoms with Crippen LogP contribution in [0.2, 0.25) is 0 Å². The maximum Gasteiger partial charge on any atom is 0.0897 e. The number of hydrogen-bond donors (Lipinski definition) is 1. The summed E-state index contributed by atoms with van der Waals surface area (Å²) in [7, 11) is 2.00. The van der Waals surface area contributed by atoms with Gasteiger partial charge in [-0.1, -0.05) is 6.92 Å². The van der Waals surface area contributed by atoms with Gasteiger partial charge in [0.1, 0.15) is 0 Å². The van der Waals surface area contributed by atoms with Crippen LogP contribution in [0.4, 0.5) is 0 Å². The van der Waals surface area contributed by atoms with E-state index in [-0.39, 0.29) is 12.1 Å².